The number of unbranched alkanes of at least 4 members (excludes halogenated alkanes) is 1. The molecule has 20 heavy (non-hydrogen) atoms. The van der Waals surface area contributed by atoms with Crippen LogP contribution in [0.5, 0.6) is 0 Å². The molecule has 0 aromatic heterocycles. The smallest absolute Gasteiger partial charge is 0.410 e. The van der Waals surface area contributed by atoms with Crippen molar-refractivity contribution in [3.8, 4) is 0 Å². The van der Waals surface area contributed by atoms with Gasteiger partial charge in [-0.2, -0.15) is 0 Å². The molecule has 1 saturated heterocycles. The fraction of sp³-hybridized carbons (Fsp3) is 0.857. The van der Waals surface area contributed by atoms with Gasteiger partial charge in [-0.15, -0.1) is 0 Å². The first-order valence-corrected chi connectivity index (χ1v) is 7.20. The molecule has 1 rings (SSSR count). The van der Waals surface area contributed by atoms with Gasteiger partial charge in [-0.3, -0.25) is 9.69 Å². The van der Waals surface area contributed by atoms with Gasteiger partial charge in [-0.1, -0.05) is 0 Å². The van der Waals surface area contributed by atoms with Crippen molar-refractivity contribution in [2.75, 3.05) is 32.7 Å². The summed E-state index contributed by atoms with van der Waals surface area (Å²) in [6.45, 7) is 9.49. The van der Waals surface area contributed by atoms with Gasteiger partial charge in [-0.05, 0) is 40.2 Å². The van der Waals surface area contributed by atoms with Crippen molar-refractivity contribution in [2.45, 2.75) is 45.6 Å². The Labute approximate surface area is 120 Å². The van der Waals surface area contributed by atoms with Gasteiger partial charge in [0, 0.05) is 32.6 Å². The van der Waals surface area contributed by atoms with Crippen LogP contribution < -0.4 is 0 Å². The van der Waals surface area contributed by atoms with Crippen LogP contribution in [-0.4, -0.2) is 65.3 Å². The first-order valence-electron chi connectivity index (χ1n) is 7.20. The Morgan fingerprint density at radius 3 is 2.20 bits per heavy atom. The summed E-state index contributed by atoms with van der Waals surface area (Å²) in [5.74, 6) is -0.736. The van der Waals surface area contributed by atoms with Crippen LogP contribution >= 0.6 is 0 Å². The zero-order chi connectivity index (χ0) is 15.2. The first kappa shape index (κ1) is 16.8. The quantitative estimate of drug-likeness (QED) is 0.780. The standard InChI is InChI=1S/C14H26N2O4/c1-14(2,3)20-13(19)16-10-8-15(9-11-16)7-5-4-6-12(17)18/h4-11H2,1-3H3,(H,17,18). The number of ether oxygens (including phenoxy) is 1. The van der Waals surface area contributed by atoms with Gasteiger partial charge in [0.25, 0.3) is 0 Å². The molecule has 0 aromatic carbocycles. The minimum absolute atomic E-state index is 0.234. The van der Waals surface area contributed by atoms with E-state index in [2.05, 4.69) is 4.90 Å². The third-order valence-electron chi connectivity index (χ3n) is 3.14. The van der Waals surface area contributed by atoms with Crippen molar-refractivity contribution >= 4 is 12.1 Å². The van der Waals surface area contributed by atoms with Gasteiger partial charge < -0.3 is 14.7 Å². The van der Waals surface area contributed by atoms with Crippen molar-refractivity contribution in [1.82, 2.24) is 9.80 Å². The van der Waals surface area contributed by atoms with Crippen molar-refractivity contribution < 1.29 is 19.4 Å². The van der Waals surface area contributed by atoms with Gasteiger partial charge in [-0.25, -0.2) is 4.79 Å². The van der Waals surface area contributed by atoms with Crippen molar-refractivity contribution in [1.29, 1.82) is 0 Å². The Morgan fingerprint density at radius 2 is 1.70 bits per heavy atom. The molecule has 0 saturated carbocycles. The summed E-state index contributed by atoms with van der Waals surface area (Å²) in [5, 5.41) is 8.57. The van der Waals surface area contributed by atoms with Gasteiger partial charge in [0.05, 0.1) is 0 Å². The Balaban J connectivity index is 2.19. The molecule has 6 nitrogen and oxygen atoms in total. The predicted octanol–water partition coefficient (Wildman–Crippen LogP) is 1.79. The van der Waals surface area contributed by atoms with E-state index in [-0.39, 0.29) is 12.5 Å². The lowest BCUT2D eigenvalue weighted by molar-refractivity contribution is -0.137. The molecule has 0 aliphatic carbocycles. The van der Waals surface area contributed by atoms with E-state index in [1.807, 2.05) is 20.8 Å². The summed E-state index contributed by atoms with van der Waals surface area (Å²) >= 11 is 0. The molecule has 116 valence electrons. The molecule has 0 atom stereocenters. The predicted molar refractivity (Wildman–Crippen MR) is 75.7 cm³/mol. The SMILES string of the molecule is CC(C)(C)OC(=O)N1CCN(CCCCC(=O)O)CC1. The molecule has 0 bridgehead atoms. The van der Waals surface area contributed by atoms with Crippen LogP contribution in [0.3, 0.4) is 0 Å². The maximum absolute atomic E-state index is 11.9. The lowest BCUT2D eigenvalue weighted by Gasteiger charge is -2.35. The summed E-state index contributed by atoms with van der Waals surface area (Å²) in [6.07, 6.45) is 1.58. The minimum Gasteiger partial charge on any atom is -0.481 e. The summed E-state index contributed by atoms with van der Waals surface area (Å²) in [5.41, 5.74) is -0.453. The van der Waals surface area contributed by atoms with E-state index in [9.17, 15) is 9.59 Å². The molecule has 1 amide bonds. The molecule has 1 fully saturated rings. The normalized spacial score (nSPS) is 17.1. The highest BCUT2D eigenvalue weighted by atomic mass is 16.6. The number of hydrogen-bond acceptors (Lipinski definition) is 4. The second-order valence-electron chi connectivity index (χ2n) is 6.16. The number of hydrogen-bond donors (Lipinski definition) is 1. The molecule has 1 aliphatic heterocycles. The van der Waals surface area contributed by atoms with Gasteiger partial charge in [0.1, 0.15) is 5.60 Å². The highest BCUT2D eigenvalue weighted by molar-refractivity contribution is 5.68. The third kappa shape index (κ3) is 6.75. The zero-order valence-corrected chi connectivity index (χ0v) is 12.7. The van der Waals surface area contributed by atoms with Gasteiger partial charge in [0.15, 0.2) is 0 Å². The van der Waals surface area contributed by atoms with E-state index < -0.39 is 11.6 Å². The number of rotatable bonds is 5. The van der Waals surface area contributed by atoms with E-state index in [1.54, 1.807) is 4.90 Å². The lowest BCUT2D eigenvalue weighted by Crippen LogP contribution is -2.50. The third-order valence-corrected chi connectivity index (χ3v) is 3.14. The average molecular weight is 286 g/mol. The van der Waals surface area contributed by atoms with Gasteiger partial charge in [0.2, 0.25) is 0 Å². The van der Waals surface area contributed by atoms with Crippen molar-refractivity contribution in [2.24, 2.45) is 0 Å². The van der Waals surface area contributed by atoms with E-state index in [4.69, 9.17) is 9.84 Å². The topological polar surface area (TPSA) is 70.1 Å². The van der Waals surface area contributed by atoms with Gasteiger partial charge >= 0.3 is 12.1 Å². The molecule has 0 unspecified atom stereocenters. The molecule has 0 spiro atoms. The van der Waals surface area contributed by atoms with E-state index in [0.717, 1.165) is 26.1 Å². The number of amides is 1. The highest BCUT2D eigenvalue weighted by Gasteiger charge is 2.25. The number of piperazine rings is 1. The fourth-order valence-corrected chi connectivity index (χ4v) is 2.09. The summed E-state index contributed by atoms with van der Waals surface area (Å²) in [7, 11) is 0. The van der Waals surface area contributed by atoms with Crippen LogP contribution in [0.4, 0.5) is 4.79 Å². The lowest BCUT2D eigenvalue weighted by atomic mass is 10.2. The molecule has 1 N–H and O–H groups in total. The van der Waals surface area contributed by atoms with E-state index in [1.165, 1.54) is 0 Å². The number of carboxylic acid groups (broad SMARTS) is 1. The van der Waals surface area contributed by atoms with Crippen LogP contribution in [0.1, 0.15) is 40.0 Å². The summed E-state index contributed by atoms with van der Waals surface area (Å²) in [6, 6.07) is 0. The average Bonchev–Trinajstić information content (AvgIpc) is 2.33. The van der Waals surface area contributed by atoms with Crippen molar-refractivity contribution in [3.05, 3.63) is 0 Å². The molecule has 1 heterocycles. The molecule has 1 aliphatic rings. The Bertz CT molecular complexity index is 331. The molecular weight excluding hydrogens is 260 g/mol. The molecular formula is C14H26N2O4. The number of carbonyl (C=O) groups excluding carboxylic acids is 1. The summed E-state index contributed by atoms with van der Waals surface area (Å²) in [4.78, 5) is 26.3. The number of nitrogens with zero attached hydrogens (tertiary/aromatic N) is 2. The first-order chi connectivity index (χ1) is 9.28. The Hall–Kier alpha value is -1.30. The largest absolute Gasteiger partial charge is 0.481 e. The maximum atomic E-state index is 11.9. The monoisotopic (exact) mass is 286 g/mol. The molecule has 0 radical (unpaired) electrons. The van der Waals surface area contributed by atoms with E-state index >= 15 is 0 Å². The van der Waals surface area contributed by atoms with Crippen LogP contribution in [0.2, 0.25) is 0 Å². The van der Waals surface area contributed by atoms with Crippen LogP contribution in [0.25, 0.3) is 0 Å². The molecule has 0 aromatic rings. The Morgan fingerprint density at radius 1 is 1.10 bits per heavy atom. The van der Waals surface area contributed by atoms with Crippen molar-refractivity contribution in [3.63, 3.8) is 0 Å². The Kier molecular flexibility index (Phi) is 6.26. The second-order valence-corrected chi connectivity index (χ2v) is 6.16. The van der Waals surface area contributed by atoms with Crippen LogP contribution in [0.15, 0.2) is 0 Å². The number of carboxylic acids is 1. The summed E-state index contributed by atoms with van der Waals surface area (Å²) < 4.78 is 5.34. The maximum Gasteiger partial charge on any atom is 0.410 e. The zero-order valence-electron chi connectivity index (χ0n) is 12.7. The minimum atomic E-state index is -0.736. The fourth-order valence-electron chi connectivity index (χ4n) is 2.09. The number of carbonyl (C=O) groups is 2. The van der Waals surface area contributed by atoms with Crippen LogP contribution in [-0.2, 0) is 9.53 Å². The second kappa shape index (κ2) is 7.47. The highest BCUT2D eigenvalue weighted by Crippen LogP contribution is 2.12. The van der Waals surface area contributed by atoms with E-state index in [0.29, 0.717) is 19.5 Å². The molecule has 6 heteroatoms. The number of aliphatic carboxylic acids is 1. The van der Waals surface area contributed by atoms with Crippen LogP contribution in [0, 0.1) is 0 Å².